The van der Waals surface area contributed by atoms with Gasteiger partial charge >= 0.3 is 186 Å². The van der Waals surface area contributed by atoms with Crippen LogP contribution >= 0.6 is 20.8 Å². The predicted octanol–water partition coefficient (Wildman–Crippen LogP) is 15.5. The number of ketones is 1. The van der Waals surface area contributed by atoms with E-state index in [4.69, 9.17) is 4.74 Å². The van der Waals surface area contributed by atoms with Gasteiger partial charge in [-0.1, -0.05) is 160 Å². The molecule has 3 nitrogen and oxygen atoms in total. The molecule has 0 spiro atoms. The third-order valence-electron chi connectivity index (χ3n) is 17.5. The van der Waals surface area contributed by atoms with Crippen LogP contribution in [-0.4, -0.2) is 25.2 Å². The first-order valence-corrected chi connectivity index (χ1v) is 34.8. The summed E-state index contributed by atoms with van der Waals surface area (Å²) < 4.78 is 5.17. The molecule has 9 rings (SSSR count). The third-order valence-corrected chi connectivity index (χ3v) is 25.7. The second kappa shape index (κ2) is 33.7. The molecule has 0 unspecified atom stereocenters. The summed E-state index contributed by atoms with van der Waals surface area (Å²) in [6.45, 7) is 11.9. The summed E-state index contributed by atoms with van der Waals surface area (Å²) in [6, 6.07) is 51.3. The van der Waals surface area contributed by atoms with Gasteiger partial charge in [0.2, 0.25) is 0 Å². The fraction of sp³-hybridized carbons (Fsp3) is 0.535. The van der Waals surface area contributed by atoms with Crippen LogP contribution in [0.15, 0.2) is 151 Å². The Morgan fingerprint density at radius 1 is 0.506 bits per heavy atom. The van der Waals surface area contributed by atoms with Crippen molar-refractivity contribution in [2.24, 2.45) is 23.7 Å². The molecule has 0 N–H and O–H groups in total. The molecule has 0 radical (unpaired) electrons. The summed E-state index contributed by atoms with van der Waals surface area (Å²) in [5.41, 5.74) is 6.77. The average Bonchev–Trinajstić information content (AvgIpc) is 3.44. The number of carbonyl (C=O) groups excluding carboxylic acids is 1. The third kappa shape index (κ3) is 21.6. The maximum atomic E-state index is 11.4. The number of Topliss-reactive ketones (excluding diaryl/α,β-unsaturated/α-hetero) is 1. The molecule has 0 aromatic heterocycles. The number of carbonyl (C=O) groups is 1. The minimum atomic E-state index is -2.56. The summed E-state index contributed by atoms with van der Waals surface area (Å²) in [7, 11) is 1.76. The molecule has 0 atom stereocenters. The van der Waals surface area contributed by atoms with E-state index < -0.39 is 10.9 Å². The van der Waals surface area contributed by atoms with Crippen LogP contribution in [0, 0.1) is 23.7 Å². The molecule has 4 fully saturated rings. The van der Waals surface area contributed by atoms with E-state index in [0.717, 1.165) is 55.3 Å². The summed E-state index contributed by atoms with van der Waals surface area (Å²) in [4.78, 5) is 11.4. The molecule has 5 aromatic rings. The fourth-order valence-electron chi connectivity index (χ4n) is 12.8. The zero-order valence-electron chi connectivity index (χ0n) is 49.3. The number of hydrogen-bond acceptors (Lipinski definition) is 3. The maximum absolute atomic E-state index is 11.4. The Balaban J connectivity index is 0.000000203. The molecule has 0 amide bonds. The van der Waals surface area contributed by atoms with Crippen molar-refractivity contribution in [1.29, 1.82) is 0 Å². The van der Waals surface area contributed by atoms with Gasteiger partial charge in [-0.2, -0.15) is 0 Å². The number of hydrogen-bond donors (Lipinski definition) is 0. The molecule has 0 heterocycles. The largest absolute Gasteiger partial charge is 1.00 e. The van der Waals surface area contributed by atoms with E-state index in [0.29, 0.717) is 11.7 Å². The number of rotatable bonds is 16. The minimum absolute atomic E-state index is 0. The van der Waals surface area contributed by atoms with Gasteiger partial charge in [0.05, 0.1) is 13.4 Å². The topological polar surface area (TPSA) is 49.4 Å². The summed E-state index contributed by atoms with van der Waals surface area (Å²) in [5.74, 6) is 5.81. The van der Waals surface area contributed by atoms with Gasteiger partial charge in [-0.25, -0.2) is 0 Å². The van der Waals surface area contributed by atoms with Gasteiger partial charge in [-0.15, -0.1) is 5.60 Å². The fourth-order valence-corrected chi connectivity index (χ4v) is 18.4. The van der Waals surface area contributed by atoms with Gasteiger partial charge in [0.15, 0.2) is 0 Å². The standard InChI is InChI=1S/C25H38O.C23H34O.C19H18BrP.C4H9O.K/c1-3-4-20-5-7-21(8-6-20)9-10-22-11-15-24(16-12-22)25-17-13-23(14-18-25)19-26-2;1-2-3-18-4-6-19(7-5-18)8-9-20-10-12-21(13-11-20)22-14-16-23(24)17-15-22;1-21(20,17-11-5-2-6-12-17,18-13-7-3-8-14-18)19-15-9-4-10-16-19;1-4(2,3)5;/h11-12,15-16,19-21,25H,3-10,13-14,17-18H2,1-2H3;10-13,18-19,22H,2-9,14-17H2,1H3;2-16H,1H3;1-3H3;/q;;;-1;+1. The molecule has 77 heavy (non-hydrogen) atoms. The summed E-state index contributed by atoms with van der Waals surface area (Å²) >= 11 is 4.24. The zero-order valence-corrected chi connectivity index (χ0v) is 54.9. The van der Waals surface area contributed by atoms with E-state index in [1.807, 2.05) is 6.26 Å². The average molecular weight is 1150 g/mol. The Morgan fingerprint density at radius 3 is 1.10 bits per heavy atom. The second-order valence-electron chi connectivity index (χ2n) is 24.6. The van der Waals surface area contributed by atoms with E-state index in [1.165, 1.54) is 161 Å². The first-order valence-electron chi connectivity index (χ1n) is 30.1. The van der Waals surface area contributed by atoms with Gasteiger partial charge in [0, 0.05) is 12.8 Å². The molecular weight excluding hydrogens is 1050 g/mol. The first kappa shape index (κ1) is 65.6. The van der Waals surface area contributed by atoms with Crippen molar-refractivity contribution in [3.05, 3.63) is 174 Å². The smallest absolute Gasteiger partial charge is 1.00 e. The van der Waals surface area contributed by atoms with Gasteiger partial charge < -0.3 is 9.84 Å². The van der Waals surface area contributed by atoms with E-state index >= 15 is 0 Å². The number of halogens is 1. The number of allylic oxidation sites excluding steroid dienone is 1. The Morgan fingerprint density at radius 2 is 0.805 bits per heavy atom. The zero-order chi connectivity index (χ0) is 54.3. The van der Waals surface area contributed by atoms with E-state index in [1.54, 1.807) is 39.0 Å². The molecule has 4 aliphatic rings. The molecular formula is C71H99BrKO3P. The van der Waals surface area contributed by atoms with Crippen molar-refractivity contribution in [1.82, 2.24) is 0 Å². The van der Waals surface area contributed by atoms with Crippen LogP contribution in [0.25, 0.3) is 0 Å². The first-order chi connectivity index (χ1) is 36.6. The quantitative estimate of drug-likeness (QED) is 0.0562. The van der Waals surface area contributed by atoms with Crippen LogP contribution in [0.1, 0.15) is 210 Å². The Hall–Kier alpha value is -2.18. The van der Waals surface area contributed by atoms with Crippen molar-refractivity contribution in [3.8, 4) is 0 Å². The van der Waals surface area contributed by atoms with Crippen molar-refractivity contribution in [2.75, 3.05) is 13.8 Å². The van der Waals surface area contributed by atoms with Crippen LogP contribution in [0.3, 0.4) is 0 Å². The molecule has 0 bridgehead atoms. The number of ether oxygens (including phenoxy) is 1. The SMILES string of the molecule is CC(C)(C)[O-].CCCC1CCC(CCc2ccc(C3CCC(=COC)CC3)cc2)CC1.CCCC1CCC(CCc2ccc(C3CCC(=O)CC3)cc2)CC1.CP(Br)(c1ccccc1)(c1ccccc1)c1ccccc1.[K+]. The Kier molecular flexibility index (Phi) is 28.7. The van der Waals surface area contributed by atoms with Crippen LogP contribution in [0.5, 0.6) is 0 Å². The monoisotopic (exact) mass is 1150 g/mol. The normalized spacial score (nSPS) is 21.4. The van der Waals surface area contributed by atoms with E-state index in [9.17, 15) is 9.90 Å². The molecule has 0 saturated heterocycles. The number of methoxy groups -OCH3 is 1. The number of aryl methyl sites for hydroxylation is 2. The molecule has 4 saturated carbocycles. The van der Waals surface area contributed by atoms with Crippen LogP contribution in [0.2, 0.25) is 0 Å². The summed E-state index contributed by atoms with van der Waals surface area (Å²) in [6.07, 6.45) is 33.3. The van der Waals surface area contributed by atoms with Crippen molar-refractivity contribution in [2.45, 2.75) is 206 Å². The van der Waals surface area contributed by atoms with Crippen molar-refractivity contribution >= 4 is 42.5 Å². The van der Waals surface area contributed by atoms with E-state index in [-0.39, 0.29) is 51.4 Å². The Labute approximate surface area is 520 Å². The van der Waals surface area contributed by atoms with Crippen LogP contribution in [0.4, 0.5) is 0 Å². The van der Waals surface area contributed by atoms with Crippen molar-refractivity contribution in [3.63, 3.8) is 0 Å². The minimum Gasteiger partial charge on any atom is 1.00 e. The van der Waals surface area contributed by atoms with Crippen molar-refractivity contribution < 1.29 is 66.0 Å². The maximum Gasteiger partial charge on any atom is 1.00 e. The van der Waals surface area contributed by atoms with Gasteiger partial charge in [-0.3, -0.25) is 4.79 Å². The number of benzene rings is 5. The Bertz CT molecular complexity index is 2290. The van der Waals surface area contributed by atoms with Crippen LogP contribution in [-0.2, 0) is 22.4 Å². The second-order valence-corrected chi connectivity index (χ2v) is 34.3. The molecule has 5 aromatic carbocycles. The molecule has 414 valence electrons. The molecule has 0 aliphatic heterocycles. The van der Waals surface area contributed by atoms with Gasteiger partial charge in [0.1, 0.15) is 5.78 Å². The van der Waals surface area contributed by atoms with Gasteiger partial charge in [-0.05, 0) is 128 Å². The van der Waals surface area contributed by atoms with E-state index in [2.05, 4.69) is 176 Å². The molecule has 4 aliphatic carbocycles. The summed E-state index contributed by atoms with van der Waals surface area (Å²) in [5, 5.41) is 11.6. The molecule has 6 heteroatoms. The van der Waals surface area contributed by atoms with Crippen LogP contribution < -0.4 is 72.4 Å². The predicted molar refractivity (Wildman–Crippen MR) is 333 cm³/mol. The van der Waals surface area contributed by atoms with Gasteiger partial charge in [0.25, 0.3) is 0 Å².